The van der Waals surface area contributed by atoms with Crippen molar-refractivity contribution in [1.29, 1.82) is 0 Å². The number of hydrogen-bond donors (Lipinski definition) is 1. The van der Waals surface area contributed by atoms with Crippen molar-refractivity contribution in [3.8, 4) is 0 Å². The van der Waals surface area contributed by atoms with Crippen LogP contribution in [-0.4, -0.2) is 13.1 Å². The van der Waals surface area contributed by atoms with Gasteiger partial charge in [0.25, 0.3) is 0 Å². The van der Waals surface area contributed by atoms with Crippen LogP contribution in [-0.2, 0) is 0 Å². The van der Waals surface area contributed by atoms with Crippen molar-refractivity contribution in [2.24, 2.45) is 17.3 Å². The molecule has 1 heterocycles. The van der Waals surface area contributed by atoms with Crippen molar-refractivity contribution in [2.75, 3.05) is 13.1 Å². The summed E-state index contributed by atoms with van der Waals surface area (Å²) in [5.41, 5.74) is 0.704. The van der Waals surface area contributed by atoms with Crippen molar-refractivity contribution in [3.63, 3.8) is 0 Å². The third-order valence-electron chi connectivity index (χ3n) is 4.41. The topological polar surface area (TPSA) is 12.0 Å². The normalized spacial score (nSPS) is 37.4. The van der Waals surface area contributed by atoms with Crippen molar-refractivity contribution >= 4 is 0 Å². The minimum Gasteiger partial charge on any atom is -0.316 e. The van der Waals surface area contributed by atoms with E-state index in [1.165, 1.54) is 58.0 Å². The molecule has 2 atom stereocenters. The van der Waals surface area contributed by atoms with Gasteiger partial charge in [0, 0.05) is 6.54 Å². The second kappa shape index (κ2) is 4.86. The number of piperidine rings is 1. The molecule has 0 aromatic rings. The van der Waals surface area contributed by atoms with Crippen LogP contribution in [0.5, 0.6) is 0 Å². The Bertz CT molecular complexity index is 186. The summed E-state index contributed by atoms with van der Waals surface area (Å²) in [6.45, 7) is 7.32. The molecule has 2 fully saturated rings. The van der Waals surface area contributed by atoms with E-state index in [0.717, 1.165) is 11.8 Å². The van der Waals surface area contributed by atoms with Gasteiger partial charge in [0.1, 0.15) is 0 Å². The van der Waals surface area contributed by atoms with Gasteiger partial charge >= 0.3 is 0 Å². The van der Waals surface area contributed by atoms with Crippen LogP contribution in [0.1, 0.15) is 58.8 Å². The first-order valence-electron chi connectivity index (χ1n) is 6.91. The van der Waals surface area contributed by atoms with Gasteiger partial charge in [0.05, 0.1) is 0 Å². The van der Waals surface area contributed by atoms with E-state index >= 15 is 0 Å². The summed E-state index contributed by atoms with van der Waals surface area (Å²) in [7, 11) is 0. The molecule has 88 valence electrons. The number of rotatable bonds is 2. The van der Waals surface area contributed by atoms with Gasteiger partial charge in [-0.15, -0.1) is 0 Å². The molecule has 1 heteroatoms. The summed E-state index contributed by atoms with van der Waals surface area (Å²) in [6, 6.07) is 0. The highest BCUT2D eigenvalue weighted by Crippen LogP contribution is 2.45. The Morgan fingerprint density at radius 1 is 1.27 bits per heavy atom. The van der Waals surface area contributed by atoms with Crippen LogP contribution < -0.4 is 5.32 Å². The lowest BCUT2D eigenvalue weighted by Crippen LogP contribution is -2.43. The maximum atomic E-state index is 3.62. The van der Waals surface area contributed by atoms with Crippen LogP contribution in [0.2, 0.25) is 0 Å². The molecular weight excluding hydrogens is 182 g/mol. The van der Waals surface area contributed by atoms with Gasteiger partial charge in [-0.05, 0) is 55.9 Å². The van der Waals surface area contributed by atoms with Gasteiger partial charge in [-0.25, -0.2) is 0 Å². The van der Waals surface area contributed by atoms with E-state index < -0.39 is 0 Å². The predicted octanol–water partition coefficient (Wildman–Crippen LogP) is 3.59. The lowest BCUT2D eigenvalue weighted by Gasteiger charge is -2.44. The van der Waals surface area contributed by atoms with E-state index in [9.17, 15) is 0 Å². The molecule has 1 nitrogen and oxygen atoms in total. The molecule has 0 radical (unpaired) electrons. The molecule has 1 aliphatic carbocycles. The first kappa shape index (κ1) is 11.4. The molecule has 1 saturated carbocycles. The standard InChI is InChI=1S/C14H27N/c1-12(2)9-13-5-3-6-14(10-13)7-4-8-15-11-14/h12-13,15H,3-11H2,1-2H3. The smallest absolute Gasteiger partial charge is 0.000792 e. The summed E-state index contributed by atoms with van der Waals surface area (Å²) in [6.07, 6.45) is 10.4. The van der Waals surface area contributed by atoms with E-state index in [1.807, 2.05) is 0 Å². The van der Waals surface area contributed by atoms with Crippen LogP contribution in [0.25, 0.3) is 0 Å². The summed E-state index contributed by atoms with van der Waals surface area (Å²) in [5.74, 6) is 1.92. The largest absolute Gasteiger partial charge is 0.316 e. The Hall–Kier alpha value is -0.0400. The first-order chi connectivity index (χ1) is 7.20. The van der Waals surface area contributed by atoms with Crippen LogP contribution in [0.15, 0.2) is 0 Å². The molecule has 0 aromatic heterocycles. The Kier molecular flexibility index (Phi) is 3.71. The van der Waals surface area contributed by atoms with Crippen LogP contribution in [0.4, 0.5) is 0 Å². The zero-order valence-corrected chi connectivity index (χ0v) is 10.5. The molecule has 2 rings (SSSR count). The molecular formula is C14H27N. The van der Waals surface area contributed by atoms with Crippen molar-refractivity contribution in [3.05, 3.63) is 0 Å². The molecule has 0 bridgehead atoms. The highest BCUT2D eigenvalue weighted by atomic mass is 14.9. The monoisotopic (exact) mass is 209 g/mol. The summed E-state index contributed by atoms with van der Waals surface area (Å²) in [4.78, 5) is 0. The Morgan fingerprint density at radius 3 is 2.73 bits per heavy atom. The van der Waals surface area contributed by atoms with Gasteiger partial charge in [0.2, 0.25) is 0 Å². The lowest BCUT2D eigenvalue weighted by molar-refractivity contribution is 0.0926. The molecule has 1 saturated heterocycles. The molecule has 0 aromatic carbocycles. The zero-order valence-electron chi connectivity index (χ0n) is 10.5. The van der Waals surface area contributed by atoms with Crippen LogP contribution in [0, 0.1) is 17.3 Å². The van der Waals surface area contributed by atoms with Crippen molar-refractivity contribution < 1.29 is 0 Å². The minimum absolute atomic E-state index is 0.704. The minimum atomic E-state index is 0.704. The Balaban J connectivity index is 1.90. The third-order valence-corrected chi connectivity index (χ3v) is 4.41. The fraction of sp³-hybridized carbons (Fsp3) is 1.00. The van der Waals surface area contributed by atoms with E-state index in [-0.39, 0.29) is 0 Å². The Labute approximate surface area is 95.0 Å². The predicted molar refractivity (Wildman–Crippen MR) is 65.9 cm³/mol. The van der Waals surface area contributed by atoms with Gasteiger partial charge in [0.15, 0.2) is 0 Å². The molecule has 2 aliphatic rings. The average Bonchev–Trinajstić information content (AvgIpc) is 2.17. The summed E-state index contributed by atoms with van der Waals surface area (Å²) in [5, 5.41) is 3.62. The SMILES string of the molecule is CC(C)CC1CCCC2(CCCNC2)C1. The average molecular weight is 209 g/mol. The molecule has 15 heavy (non-hydrogen) atoms. The first-order valence-corrected chi connectivity index (χ1v) is 6.91. The van der Waals surface area contributed by atoms with E-state index in [0.29, 0.717) is 5.41 Å². The van der Waals surface area contributed by atoms with E-state index in [1.54, 1.807) is 0 Å². The van der Waals surface area contributed by atoms with Crippen molar-refractivity contribution in [1.82, 2.24) is 5.32 Å². The molecule has 1 aliphatic heterocycles. The van der Waals surface area contributed by atoms with E-state index in [4.69, 9.17) is 0 Å². The second-order valence-corrected chi connectivity index (χ2v) is 6.37. The molecule has 1 N–H and O–H groups in total. The summed E-state index contributed by atoms with van der Waals surface area (Å²) < 4.78 is 0. The number of nitrogens with one attached hydrogen (secondary N) is 1. The third kappa shape index (κ3) is 2.96. The highest BCUT2D eigenvalue weighted by molar-refractivity contribution is 4.90. The van der Waals surface area contributed by atoms with Crippen LogP contribution >= 0.6 is 0 Å². The van der Waals surface area contributed by atoms with Crippen molar-refractivity contribution in [2.45, 2.75) is 58.8 Å². The maximum absolute atomic E-state index is 3.62. The molecule has 2 unspecified atom stereocenters. The maximum Gasteiger partial charge on any atom is 0.000792 e. The van der Waals surface area contributed by atoms with E-state index in [2.05, 4.69) is 19.2 Å². The lowest BCUT2D eigenvalue weighted by atomic mass is 9.65. The fourth-order valence-corrected chi connectivity index (χ4v) is 3.87. The number of hydrogen-bond acceptors (Lipinski definition) is 1. The quantitative estimate of drug-likeness (QED) is 0.733. The highest BCUT2D eigenvalue weighted by Gasteiger charge is 2.37. The van der Waals surface area contributed by atoms with Gasteiger partial charge in [-0.3, -0.25) is 0 Å². The van der Waals surface area contributed by atoms with Crippen LogP contribution in [0.3, 0.4) is 0 Å². The molecule has 0 amide bonds. The molecule has 1 spiro atoms. The van der Waals surface area contributed by atoms with Gasteiger partial charge in [-0.2, -0.15) is 0 Å². The summed E-state index contributed by atoms with van der Waals surface area (Å²) >= 11 is 0. The van der Waals surface area contributed by atoms with Gasteiger partial charge < -0.3 is 5.32 Å². The fourth-order valence-electron chi connectivity index (χ4n) is 3.87. The zero-order chi connectivity index (χ0) is 10.7. The van der Waals surface area contributed by atoms with Gasteiger partial charge in [-0.1, -0.05) is 26.7 Å². The second-order valence-electron chi connectivity index (χ2n) is 6.37. The Morgan fingerprint density at radius 2 is 2.07 bits per heavy atom.